The van der Waals surface area contributed by atoms with Crippen molar-refractivity contribution in [1.82, 2.24) is 0 Å². The molecule has 1 heteroatoms. The summed E-state index contributed by atoms with van der Waals surface area (Å²) in [6.07, 6.45) is 14.7. The number of hydrogen-bond acceptors (Lipinski definition) is 1. The van der Waals surface area contributed by atoms with Crippen molar-refractivity contribution < 1.29 is 5.11 Å². The maximum absolute atomic E-state index is 10.1. The van der Waals surface area contributed by atoms with Gasteiger partial charge in [0.1, 0.15) is 0 Å². The van der Waals surface area contributed by atoms with Gasteiger partial charge < -0.3 is 5.11 Å². The standard InChI is InChI=1S/C21H32O/c1-4-14-6-8-18-17-7-5-15-13-16(22)9-11-21(15,3)19(17)10-12-20(14,18)2/h4,6,15-19,22H,1,5,7-13H2,2-3H3/t15?,16?,17-,18-,19-,20+,21-/m0/s1. The Balaban J connectivity index is 1.63. The Hall–Kier alpha value is -0.560. The second kappa shape index (κ2) is 4.97. The second-order valence-electron chi connectivity index (χ2n) is 9.14. The molecule has 0 amide bonds. The first-order valence-electron chi connectivity index (χ1n) is 9.50. The van der Waals surface area contributed by atoms with Gasteiger partial charge in [0.05, 0.1) is 6.10 Å². The molecule has 0 bridgehead atoms. The summed E-state index contributed by atoms with van der Waals surface area (Å²) < 4.78 is 0. The molecule has 0 aliphatic heterocycles. The van der Waals surface area contributed by atoms with E-state index in [1.165, 1.54) is 44.1 Å². The van der Waals surface area contributed by atoms with Crippen LogP contribution in [0.25, 0.3) is 0 Å². The van der Waals surface area contributed by atoms with E-state index in [0.717, 1.165) is 36.5 Å². The molecule has 4 rings (SSSR count). The number of allylic oxidation sites excluding steroid dienone is 3. The highest BCUT2D eigenvalue weighted by Gasteiger charge is 2.58. The van der Waals surface area contributed by atoms with Crippen LogP contribution >= 0.6 is 0 Å². The Morgan fingerprint density at radius 3 is 2.73 bits per heavy atom. The van der Waals surface area contributed by atoms with Gasteiger partial charge in [-0.05, 0) is 91.4 Å². The lowest BCUT2D eigenvalue weighted by Crippen LogP contribution is -2.53. The predicted octanol–water partition coefficient (Wildman–Crippen LogP) is 5.11. The molecular formula is C21H32O. The van der Waals surface area contributed by atoms with Crippen molar-refractivity contribution in [2.24, 2.45) is 34.5 Å². The molecule has 0 aromatic carbocycles. The van der Waals surface area contributed by atoms with Crippen LogP contribution < -0.4 is 0 Å². The van der Waals surface area contributed by atoms with Crippen molar-refractivity contribution >= 4 is 0 Å². The molecule has 0 aromatic heterocycles. The predicted molar refractivity (Wildman–Crippen MR) is 91.4 cm³/mol. The van der Waals surface area contributed by atoms with Crippen LogP contribution in [0.4, 0.5) is 0 Å². The monoisotopic (exact) mass is 300 g/mol. The highest BCUT2D eigenvalue weighted by atomic mass is 16.3. The van der Waals surface area contributed by atoms with Crippen LogP contribution in [0.5, 0.6) is 0 Å². The molecule has 4 aliphatic rings. The number of fused-ring (bicyclic) bond motifs is 5. The van der Waals surface area contributed by atoms with E-state index in [4.69, 9.17) is 0 Å². The van der Waals surface area contributed by atoms with Crippen molar-refractivity contribution in [3.8, 4) is 0 Å². The van der Waals surface area contributed by atoms with E-state index < -0.39 is 0 Å². The minimum Gasteiger partial charge on any atom is -0.393 e. The third kappa shape index (κ3) is 1.87. The SMILES string of the molecule is C=CC1=CC[C@H]2[C@@H]3CCC4CC(O)CC[C@]4(C)[C@H]3CC[C@]12C. The van der Waals surface area contributed by atoms with Gasteiger partial charge in [0.2, 0.25) is 0 Å². The molecule has 122 valence electrons. The van der Waals surface area contributed by atoms with Crippen LogP contribution in [0.1, 0.15) is 65.2 Å². The zero-order chi connectivity index (χ0) is 15.5. The van der Waals surface area contributed by atoms with E-state index >= 15 is 0 Å². The summed E-state index contributed by atoms with van der Waals surface area (Å²) in [6.45, 7) is 9.15. The van der Waals surface area contributed by atoms with Gasteiger partial charge in [-0.2, -0.15) is 0 Å². The highest BCUT2D eigenvalue weighted by Crippen LogP contribution is 2.66. The normalized spacial score (nSPS) is 54.0. The molecule has 0 radical (unpaired) electrons. The number of aliphatic hydroxyl groups is 1. The maximum atomic E-state index is 10.1. The number of rotatable bonds is 1. The topological polar surface area (TPSA) is 20.2 Å². The van der Waals surface area contributed by atoms with Gasteiger partial charge in [-0.1, -0.05) is 32.6 Å². The van der Waals surface area contributed by atoms with E-state index in [9.17, 15) is 5.11 Å². The average Bonchev–Trinajstić information content (AvgIpc) is 2.84. The van der Waals surface area contributed by atoms with Gasteiger partial charge in [-0.3, -0.25) is 0 Å². The Morgan fingerprint density at radius 1 is 1.14 bits per heavy atom. The Kier molecular flexibility index (Phi) is 3.39. The van der Waals surface area contributed by atoms with Gasteiger partial charge in [0, 0.05) is 0 Å². The van der Waals surface area contributed by atoms with Crippen LogP contribution in [-0.2, 0) is 0 Å². The summed E-state index contributed by atoms with van der Waals surface area (Å²) in [5.74, 6) is 3.43. The molecule has 2 unspecified atom stereocenters. The van der Waals surface area contributed by atoms with Crippen LogP contribution in [0, 0.1) is 34.5 Å². The number of aliphatic hydroxyl groups excluding tert-OH is 1. The van der Waals surface area contributed by atoms with Gasteiger partial charge in [0.25, 0.3) is 0 Å². The molecule has 7 atom stereocenters. The summed E-state index contributed by atoms with van der Waals surface area (Å²) in [5.41, 5.74) is 2.43. The molecule has 0 spiro atoms. The molecule has 22 heavy (non-hydrogen) atoms. The van der Waals surface area contributed by atoms with Gasteiger partial charge >= 0.3 is 0 Å². The maximum Gasteiger partial charge on any atom is 0.0543 e. The molecule has 1 nitrogen and oxygen atoms in total. The second-order valence-corrected chi connectivity index (χ2v) is 9.14. The third-order valence-corrected chi connectivity index (χ3v) is 8.50. The van der Waals surface area contributed by atoms with E-state index in [-0.39, 0.29) is 6.10 Å². The first kappa shape index (κ1) is 15.0. The van der Waals surface area contributed by atoms with Crippen molar-refractivity contribution in [2.45, 2.75) is 71.3 Å². The molecule has 0 aromatic rings. The Labute approximate surface area is 135 Å². The summed E-state index contributed by atoms with van der Waals surface area (Å²) in [6, 6.07) is 0. The Morgan fingerprint density at radius 2 is 1.95 bits per heavy atom. The lowest BCUT2D eigenvalue weighted by molar-refractivity contribution is -0.117. The van der Waals surface area contributed by atoms with Gasteiger partial charge in [-0.15, -0.1) is 0 Å². The zero-order valence-corrected chi connectivity index (χ0v) is 14.4. The van der Waals surface area contributed by atoms with Gasteiger partial charge in [-0.25, -0.2) is 0 Å². The fraction of sp³-hybridized carbons (Fsp3) is 0.810. The lowest BCUT2D eigenvalue weighted by atomic mass is 9.44. The highest BCUT2D eigenvalue weighted by molar-refractivity contribution is 5.32. The third-order valence-electron chi connectivity index (χ3n) is 8.50. The molecule has 3 saturated carbocycles. The summed E-state index contributed by atoms with van der Waals surface area (Å²) >= 11 is 0. The largest absolute Gasteiger partial charge is 0.393 e. The smallest absolute Gasteiger partial charge is 0.0543 e. The first-order valence-corrected chi connectivity index (χ1v) is 9.50. The summed E-state index contributed by atoms with van der Waals surface area (Å²) in [4.78, 5) is 0. The van der Waals surface area contributed by atoms with Crippen molar-refractivity contribution in [3.63, 3.8) is 0 Å². The minimum atomic E-state index is -0.0241. The van der Waals surface area contributed by atoms with Crippen LogP contribution in [0.3, 0.4) is 0 Å². The molecule has 1 N–H and O–H groups in total. The summed E-state index contributed by atoms with van der Waals surface area (Å²) in [7, 11) is 0. The van der Waals surface area contributed by atoms with Gasteiger partial charge in [0.15, 0.2) is 0 Å². The van der Waals surface area contributed by atoms with Crippen molar-refractivity contribution in [2.75, 3.05) is 0 Å². The van der Waals surface area contributed by atoms with E-state index in [0.29, 0.717) is 10.8 Å². The first-order chi connectivity index (χ1) is 10.5. The lowest BCUT2D eigenvalue weighted by Gasteiger charge is -2.60. The van der Waals surface area contributed by atoms with Crippen molar-refractivity contribution in [1.29, 1.82) is 0 Å². The van der Waals surface area contributed by atoms with Crippen LogP contribution in [0.2, 0.25) is 0 Å². The number of hydrogen-bond donors (Lipinski definition) is 1. The average molecular weight is 300 g/mol. The molecule has 4 aliphatic carbocycles. The Bertz CT molecular complexity index is 506. The van der Waals surface area contributed by atoms with E-state index in [1.807, 2.05) is 0 Å². The molecule has 0 saturated heterocycles. The molecular weight excluding hydrogens is 268 g/mol. The quantitative estimate of drug-likeness (QED) is 0.713. The molecule has 0 heterocycles. The molecule has 3 fully saturated rings. The van der Waals surface area contributed by atoms with Crippen molar-refractivity contribution in [3.05, 3.63) is 24.3 Å². The minimum absolute atomic E-state index is 0.0241. The van der Waals surface area contributed by atoms with Crippen LogP contribution in [-0.4, -0.2) is 11.2 Å². The fourth-order valence-electron chi connectivity index (χ4n) is 7.15. The van der Waals surface area contributed by atoms with Crippen LogP contribution in [0.15, 0.2) is 24.3 Å². The summed E-state index contributed by atoms with van der Waals surface area (Å²) in [5, 5.41) is 10.1. The fourth-order valence-corrected chi connectivity index (χ4v) is 7.15. The zero-order valence-electron chi connectivity index (χ0n) is 14.4. The van der Waals surface area contributed by atoms with E-state index in [1.54, 1.807) is 0 Å². The van der Waals surface area contributed by atoms with E-state index in [2.05, 4.69) is 32.6 Å².